The van der Waals surface area contributed by atoms with Gasteiger partial charge in [-0.2, -0.15) is 0 Å². The Labute approximate surface area is 159 Å². The number of hydrogen-bond donors (Lipinski definition) is 2. The van der Waals surface area contributed by atoms with Crippen molar-refractivity contribution in [3.8, 4) is 11.5 Å². The highest BCUT2D eigenvalue weighted by Crippen LogP contribution is 2.28. The zero-order valence-electron chi connectivity index (χ0n) is 16.2. The van der Waals surface area contributed by atoms with Gasteiger partial charge in [-0.25, -0.2) is 0 Å². The zero-order chi connectivity index (χ0) is 19.8. The van der Waals surface area contributed by atoms with Crippen LogP contribution >= 0.6 is 0 Å². The maximum Gasteiger partial charge on any atom is 0.255 e. The van der Waals surface area contributed by atoms with Crippen LogP contribution in [0.2, 0.25) is 0 Å². The van der Waals surface area contributed by atoms with Crippen molar-refractivity contribution in [2.75, 3.05) is 24.4 Å². The van der Waals surface area contributed by atoms with Crippen LogP contribution in [0.25, 0.3) is 0 Å². The van der Waals surface area contributed by atoms with E-state index in [-0.39, 0.29) is 17.7 Å². The second-order valence-corrected chi connectivity index (χ2v) is 6.39. The number of benzene rings is 2. The third-order valence-corrected chi connectivity index (χ3v) is 3.81. The first-order chi connectivity index (χ1) is 12.9. The van der Waals surface area contributed by atoms with Crippen LogP contribution < -0.4 is 20.1 Å². The fraction of sp³-hybridized carbons (Fsp3) is 0.333. The molecule has 0 aliphatic carbocycles. The summed E-state index contributed by atoms with van der Waals surface area (Å²) in [6.45, 7) is 6.26. The molecule has 2 rings (SSSR count). The van der Waals surface area contributed by atoms with E-state index in [0.717, 1.165) is 6.42 Å². The summed E-state index contributed by atoms with van der Waals surface area (Å²) in [7, 11) is 1.51. The van der Waals surface area contributed by atoms with Gasteiger partial charge in [-0.3, -0.25) is 9.59 Å². The monoisotopic (exact) mass is 370 g/mol. The standard InChI is InChI=1S/C21H26N2O4/c1-5-11-27-17-8-6-7-15(12-17)21(25)22-16-9-10-18(19(13-16)26-4)23-20(24)14(2)3/h6-10,12-14H,5,11H2,1-4H3,(H,22,25)(H,23,24). The van der Waals surface area contributed by atoms with Gasteiger partial charge in [0.25, 0.3) is 5.91 Å². The number of rotatable bonds is 8. The fourth-order valence-electron chi connectivity index (χ4n) is 2.30. The summed E-state index contributed by atoms with van der Waals surface area (Å²) in [5.74, 6) is 0.638. The Morgan fingerprint density at radius 1 is 1.07 bits per heavy atom. The van der Waals surface area contributed by atoms with Crippen molar-refractivity contribution in [3.05, 3.63) is 48.0 Å². The lowest BCUT2D eigenvalue weighted by Crippen LogP contribution is -2.18. The lowest BCUT2D eigenvalue weighted by molar-refractivity contribution is -0.118. The quantitative estimate of drug-likeness (QED) is 0.725. The van der Waals surface area contributed by atoms with E-state index in [1.54, 1.807) is 36.4 Å². The highest BCUT2D eigenvalue weighted by Gasteiger charge is 2.13. The van der Waals surface area contributed by atoms with E-state index in [1.807, 2.05) is 26.8 Å². The first-order valence-corrected chi connectivity index (χ1v) is 8.97. The van der Waals surface area contributed by atoms with Crippen LogP contribution in [0.5, 0.6) is 11.5 Å². The van der Waals surface area contributed by atoms with Crippen LogP contribution in [0.4, 0.5) is 11.4 Å². The minimum atomic E-state index is -0.252. The number of methoxy groups -OCH3 is 1. The summed E-state index contributed by atoms with van der Waals surface area (Å²) >= 11 is 0. The molecule has 2 aromatic carbocycles. The molecule has 0 heterocycles. The molecule has 0 fully saturated rings. The molecule has 2 N–H and O–H groups in total. The minimum Gasteiger partial charge on any atom is -0.494 e. The lowest BCUT2D eigenvalue weighted by atomic mass is 10.1. The summed E-state index contributed by atoms with van der Waals surface area (Å²) in [5, 5.41) is 5.64. The van der Waals surface area contributed by atoms with E-state index in [4.69, 9.17) is 9.47 Å². The van der Waals surface area contributed by atoms with Crippen molar-refractivity contribution in [2.45, 2.75) is 27.2 Å². The molecule has 144 valence electrons. The van der Waals surface area contributed by atoms with Crippen LogP contribution in [-0.2, 0) is 4.79 Å². The largest absolute Gasteiger partial charge is 0.494 e. The van der Waals surface area contributed by atoms with E-state index in [1.165, 1.54) is 7.11 Å². The van der Waals surface area contributed by atoms with Crippen LogP contribution in [0.15, 0.2) is 42.5 Å². The Bertz CT molecular complexity index is 803. The van der Waals surface area contributed by atoms with Crippen molar-refractivity contribution in [2.24, 2.45) is 5.92 Å². The maximum atomic E-state index is 12.5. The molecule has 0 saturated heterocycles. The van der Waals surface area contributed by atoms with Crippen molar-refractivity contribution in [3.63, 3.8) is 0 Å². The van der Waals surface area contributed by atoms with Gasteiger partial charge in [-0.15, -0.1) is 0 Å². The third kappa shape index (κ3) is 5.74. The Hall–Kier alpha value is -3.02. The van der Waals surface area contributed by atoms with Crippen LogP contribution in [0.1, 0.15) is 37.6 Å². The molecule has 0 aliphatic rings. The van der Waals surface area contributed by atoms with Crippen molar-refractivity contribution < 1.29 is 19.1 Å². The summed E-state index contributed by atoms with van der Waals surface area (Å²) in [6, 6.07) is 12.1. The third-order valence-electron chi connectivity index (χ3n) is 3.81. The molecule has 0 radical (unpaired) electrons. The van der Waals surface area contributed by atoms with Gasteiger partial charge in [0.2, 0.25) is 5.91 Å². The summed E-state index contributed by atoms with van der Waals surface area (Å²) in [4.78, 5) is 24.4. The molecule has 0 saturated carbocycles. The molecule has 6 heteroatoms. The number of ether oxygens (including phenoxy) is 2. The molecule has 0 aliphatic heterocycles. The second-order valence-electron chi connectivity index (χ2n) is 6.39. The van der Waals surface area contributed by atoms with Gasteiger partial charge in [0.15, 0.2) is 0 Å². The predicted molar refractivity (Wildman–Crippen MR) is 107 cm³/mol. The van der Waals surface area contributed by atoms with Gasteiger partial charge in [-0.05, 0) is 36.8 Å². The van der Waals surface area contributed by atoms with Crippen LogP contribution in [-0.4, -0.2) is 25.5 Å². The summed E-state index contributed by atoms with van der Waals surface area (Å²) in [5.41, 5.74) is 1.63. The Morgan fingerprint density at radius 2 is 1.85 bits per heavy atom. The molecule has 0 aromatic heterocycles. The molecular formula is C21H26N2O4. The number of anilines is 2. The summed E-state index contributed by atoms with van der Waals surface area (Å²) in [6.07, 6.45) is 0.899. The summed E-state index contributed by atoms with van der Waals surface area (Å²) < 4.78 is 10.9. The van der Waals surface area contributed by atoms with E-state index < -0.39 is 0 Å². The number of carbonyl (C=O) groups is 2. The molecule has 0 unspecified atom stereocenters. The topological polar surface area (TPSA) is 76.7 Å². The van der Waals surface area contributed by atoms with E-state index in [9.17, 15) is 9.59 Å². The number of nitrogens with one attached hydrogen (secondary N) is 2. The van der Waals surface area contributed by atoms with Gasteiger partial charge in [0.1, 0.15) is 11.5 Å². The minimum absolute atomic E-state index is 0.103. The first-order valence-electron chi connectivity index (χ1n) is 8.97. The van der Waals surface area contributed by atoms with Crippen molar-refractivity contribution in [1.82, 2.24) is 0 Å². The van der Waals surface area contributed by atoms with Gasteiger partial charge >= 0.3 is 0 Å². The molecule has 0 bridgehead atoms. The highest BCUT2D eigenvalue weighted by atomic mass is 16.5. The van der Waals surface area contributed by atoms with Gasteiger partial charge < -0.3 is 20.1 Å². The van der Waals surface area contributed by atoms with E-state index in [0.29, 0.717) is 35.0 Å². The molecule has 2 amide bonds. The van der Waals surface area contributed by atoms with Crippen molar-refractivity contribution >= 4 is 23.2 Å². The Balaban J connectivity index is 2.12. The molecule has 6 nitrogen and oxygen atoms in total. The van der Waals surface area contributed by atoms with Crippen LogP contribution in [0, 0.1) is 5.92 Å². The normalized spacial score (nSPS) is 10.4. The van der Waals surface area contributed by atoms with E-state index >= 15 is 0 Å². The average molecular weight is 370 g/mol. The van der Waals surface area contributed by atoms with Gasteiger partial charge in [0, 0.05) is 23.2 Å². The first kappa shape index (κ1) is 20.3. The maximum absolute atomic E-state index is 12.5. The molecule has 27 heavy (non-hydrogen) atoms. The SMILES string of the molecule is CCCOc1cccc(C(=O)Nc2ccc(NC(=O)C(C)C)c(OC)c2)c1. The van der Waals surface area contributed by atoms with Crippen LogP contribution in [0.3, 0.4) is 0 Å². The second kappa shape index (κ2) is 9.62. The van der Waals surface area contributed by atoms with E-state index in [2.05, 4.69) is 10.6 Å². The fourth-order valence-corrected chi connectivity index (χ4v) is 2.30. The number of hydrogen-bond acceptors (Lipinski definition) is 4. The number of carbonyl (C=O) groups excluding carboxylic acids is 2. The van der Waals surface area contributed by atoms with Crippen molar-refractivity contribution in [1.29, 1.82) is 0 Å². The lowest BCUT2D eigenvalue weighted by Gasteiger charge is -2.14. The molecule has 0 spiro atoms. The zero-order valence-corrected chi connectivity index (χ0v) is 16.2. The molecule has 2 aromatic rings. The Morgan fingerprint density at radius 3 is 2.52 bits per heavy atom. The predicted octanol–water partition coefficient (Wildman–Crippen LogP) is 4.33. The number of amides is 2. The molecular weight excluding hydrogens is 344 g/mol. The average Bonchev–Trinajstić information content (AvgIpc) is 2.67. The Kier molecular flexibility index (Phi) is 7.23. The smallest absolute Gasteiger partial charge is 0.255 e. The van der Waals surface area contributed by atoms with Gasteiger partial charge in [0.05, 0.1) is 19.4 Å². The van der Waals surface area contributed by atoms with Gasteiger partial charge in [-0.1, -0.05) is 26.8 Å². The molecule has 0 atom stereocenters. The highest BCUT2D eigenvalue weighted by molar-refractivity contribution is 6.05.